The minimum Gasteiger partial charge on any atom is -0.378 e. The van der Waals surface area contributed by atoms with Crippen molar-refractivity contribution in [2.45, 2.75) is 5.92 Å². The van der Waals surface area contributed by atoms with Gasteiger partial charge in [0.05, 0.1) is 0 Å². The monoisotopic (exact) mass is 414 g/mol. The second kappa shape index (κ2) is 9.44. The van der Waals surface area contributed by atoms with Crippen molar-refractivity contribution in [2.24, 2.45) is 0 Å². The third-order valence-electron chi connectivity index (χ3n) is 6.19. The standard InChI is InChI=1S/C27H34N4/c1-29(2)24-11-5-21(6-12-24)27(22-7-13-25(14-8-22)30(3)4)23-9-15-26(16-10-23)31-19-17-28-18-20-31/h5-16,27-28H,17-20H2,1-4H3. The number of rotatable bonds is 6. The molecule has 1 heterocycles. The van der Waals surface area contributed by atoms with E-state index in [-0.39, 0.29) is 5.92 Å². The number of nitrogens with zero attached hydrogens (tertiary/aromatic N) is 3. The highest BCUT2D eigenvalue weighted by atomic mass is 15.2. The lowest BCUT2D eigenvalue weighted by Crippen LogP contribution is -2.43. The first-order chi connectivity index (χ1) is 15.0. The SMILES string of the molecule is CN(C)c1ccc(C(c2ccc(N(C)C)cc2)c2ccc(N3CCNCC3)cc2)cc1. The minimum atomic E-state index is 0.212. The zero-order valence-electron chi connectivity index (χ0n) is 19.2. The third-order valence-corrected chi connectivity index (χ3v) is 6.19. The van der Waals surface area contributed by atoms with Gasteiger partial charge in [-0.2, -0.15) is 0 Å². The van der Waals surface area contributed by atoms with Crippen molar-refractivity contribution in [2.75, 3.05) is 69.1 Å². The van der Waals surface area contributed by atoms with Crippen LogP contribution in [-0.2, 0) is 0 Å². The maximum absolute atomic E-state index is 3.43. The first-order valence-electron chi connectivity index (χ1n) is 11.1. The number of anilines is 3. The molecule has 3 aromatic carbocycles. The Bertz CT molecular complexity index is 902. The fourth-order valence-corrected chi connectivity index (χ4v) is 4.31. The second-order valence-electron chi connectivity index (χ2n) is 8.73. The molecule has 1 aliphatic heterocycles. The van der Waals surface area contributed by atoms with Crippen molar-refractivity contribution in [1.82, 2.24) is 5.32 Å². The fraction of sp³-hybridized carbons (Fsp3) is 0.333. The Morgan fingerprint density at radius 3 is 1.39 bits per heavy atom. The molecular formula is C27H34N4. The van der Waals surface area contributed by atoms with Gasteiger partial charge in [0, 0.05) is 77.3 Å². The van der Waals surface area contributed by atoms with E-state index in [4.69, 9.17) is 0 Å². The Kier molecular flexibility index (Phi) is 6.47. The zero-order valence-corrected chi connectivity index (χ0v) is 19.2. The lowest BCUT2D eigenvalue weighted by Gasteiger charge is -2.30. The Labute approximate surface area is 187 Å². The van der Waals surface area contributed by atoms with E-state index in [1.54, 1.807) is 0 Å². The van der Waals surface area contributed by atoms with Gasteiger partial charge in [0.2, 0.25) is 0 Å². The Morgan fingerprint density at radius 2 is 1.00 bits per heavy atom. The summed E-state index contributed by atoms with van der Waals surface area (Å²) in [6.45, 7) is 4.25. The van der Waals surface area contributed by atoms with E-state index in [0.29, 0.717) is 0 Å². The highest BCUT2D eigenvalue weighted by Crippen LogP contribution is 2.34. The number of nitrogens with one attached hydrogen (secondary N) is 1. The molecule has 3 aromatic rings. The molecule has 1 fully saturated rings. The van der Waals surface area contributed by atoms with Crippen LogP contribution in [0.25, 0.3) is 0 Å². The van der Waals surface area contributed by atoms with Gasteiger partial charge in [-0.05, 0) is 53.1 Å². The highest BCUT2D eigenvalue weighted by Gasteiger charge is 2.18. The van der Waals surface area contributed by atoms with Crippen LogP contribution in [0.1, 0.15) is 22.6 Å². The highest BCUT2D eigenvalue weighted by molar-refractivity contribution is 5.55. The number of piperazine rings is 1. The molecule has 4 heteroatoms. The molecule has 162 valence electrons. The van der Waals surface area contributed by atoms with Gasteiger partial charge >= 0.3 is 0 Å². The Hall–Kier alpha value is -2.98. The van der Waals surface area contributed by atoms with Crippen molar-refractivity contribution < 1.29 is 0 Å². The molecule has 0 bridgehead atoms. The van der Waals surface area contributed by atoms with Crippen LogP contribution in [0.2, 0.25) is 0 Å². The predicted octanol–water partition coefficient (Wildman–Crippen LogP) is 4.41. The van der Waals surface area contributed by atoms with Gasteiger partial charge < -0.3 is 20.0 Å². The third kappa shape index (κ3) is 4.86. The summed E-state index contributed by atoms with van der Waals surface area (Å²) in [6.07, 6.45) is 0. The molecule has 4 rings (SSSR count). The van der Waals surface area contributed by atoms with Crippen molar-refractivity contribution in [1.29, 1.82) is 0 Å². The van der Waals surface area contributed by atoms with Crippen molar-refractivity contribution in [3.05, 3.63) is 89.5 Å². The molecular weight excluding hydrogens is 380 g/mol. The van der Waals surface area contributed by atoms with Gasteiger partial charge in [0.25, 0.3) is 0 Å². The molecule has 0 saturated carbocycles. The van der Waals surface area contributed by atoms with E-state index in [1.807, 2.05) is 0 Å². The summed E-state index contributed by atoms with van der Waals surface area (Å²) in [5.74, 6) is 0.212. The van der Waals surface area contributed by atoms with Gasteiger partial charge in [0.1, 0.15) is 0 Å². The molecule has 4 nitrogen and oxygen atoms in total. The molecule has 31 heavy (non-hydrogen) atoms. The van der Waals surface area contributed by atoms with Gasteiger partial charge in [-0.3, -0.25) is 0 Å². The van der Waals surface area contributed by atoms with E-state index in [9.17, 15) is 0 Å². The Balaban J connectivity index is 1.69. The normalized spacial score (nSPS) is 14.0. The molecule has 1 saturated heterocycles. The fourth-order valence-electron chi connectivity index (χ4n) is 4.31. The van der Waals surface area contributed by atoms with E-state index in [1.165, 1.54) is 33.8 Å². The molecule has 1 N–H and O–H groups in total. The molecule has 0 spiro atoms. The topological polar surface area (TPSA) is 21.8 Å². The molecule has 0 radical (unpaired) electrons. The van der Waals surface area contributed by atoms with Crippen LogP contribution < -0.4 is 20.0 Å². The van der Waals surface area contributed by atoms with Gasteiger partial charge in [-0.25, -0.2) is 0 Å². The maximum atomic E-state index is 3.43. The summed E-state index contributed by atoms with van der Waals surface area (Å²) < 4.78 is 0. The lowest BCUT2D eigenvalue weighted by atomic mass is 9.85. The van der Waals surface area contributed by atoms with Crippen LogP contribution in [-0.4, -0.2) is 54.4 Å². The quantitative estimate of drug-likeness (QED) is 0.603. The van der Waals surface area contributed by atoms with Crippen LogP contribution >= 0.6 is 0 Å². The lowest BCUT2D eigenvalue weighted by molar-refractivity contribution is 0.589. The summed E-state index contributed by atoms with van der Waals surface area (Å²) in [5.41, 5.74) is 7.72. The number of hydrogen-bond donors (Lipinski definition) is 1. The average Bonchev–Trinajstić information content (AvgIpc) is 2.81. The van der Waals surface area contributed by atoms with Crippen LogP contribution in [0.4, 0.5) is 17.1 Å². The van der Waals surface area contributed by atoms with Crippen LogP contribution in [0, 0.1) is 0 Å². The number of hydrogen-bond acceptors (Lipinski definition) is 4. The molecule has 0 amide bonds. The summed E-state index contributed by atoms with van der Waals surface area (Å²) >= 11 is 0. The van der Waals surface area contributed by atoms with Crippen molar-refractivity contribution >= 4 is 17.1 Å². The first kappa shape index (κ1) is 21.3. The minimum absolute atomic E-state index is 0.212. The maximum Gasteiger partial charge on any atom is 0.0367 e. The van der Waals surface area contributed by atoms with E-state index >= 15 is 0 Å². The largest absolute Gasteiger partial charge is 0.378 e. The van der Waals surface area contributed by atoms with Gasteiger partial charge in [0.15, 0.2) is 0 Å². The zero-order chi connectivity index (χ0) is 21.8. The van der Waals surface area contributed by atoms with E-state index in [2.05, 4.69) is 121 Å². The molecule has 0 aromatic heterocycles. The van der Waals surface area contributed by atoms with Crippen LogP contribution in [0.5, 0.6) is 0 Å². The smallest absolute Gasteiger partial charge is 0.0367 e. The molecule has 0 aliphatic carbocycles. The molecule has 0 atom stereocenters. The predicted molar refractivity (Wildman–Crippen MR) is 134 cm³/mol. The molecule has 1 aliphatic rings. The summed E-state index contributed by atoms with van der Waals surface area (Å²) in [5, 5.41) is 3.43. The van der Waals surface area contributed by atoms with Crippen molar-refractivity contribution in [3.8, 4) is 0 Å². The summed E-state index contributed by atoms with van der Waals surface area (Å²) in [6, 6.07) is 27.1. The van der Waals surface area contributed by atoms with Gasteiger partial charge in [-0.15, -0.1) is 0 Å². The Morgan fingerprint density at radius 1 is 0.613 bits per heavy atom. The molecule has 0 unspecified atom stereocenters. The van der Waals surface area contributed by atoms with Crippen LogP contribution in [0.15, 0.2) is 72.8 Å². The van der Waals surface area contributed by atoms with E-state index in [0.717, 1.165) is 26.2 Å². The second-order valence-corrected chi connectivity index (χ2v) is 8.73. The van der Waals surface area contributed by atoms with Gasteiger partial charge in [-0.1, -0.05) is 36.4 Å². The summed E-state index contributed by atoms with van der Waals surface area (Å²) in [7, 11) is 8.34. The first-order valence-corrected chi connectivity index (χ1v) is 11.1. The van der Waals surface area contributed by atoms with E-state index < -0.39 is 0 Å². The average molecular weight is 415 g/mol. The summed E-state index contributed by atoms with van der Waals surface area (Å²) in [4.78, 5) is 6.76. The van der Waals surface area contributed by atoms with Crippen molar-refractivity contribution in [3.63, 3.8) is 0 Å². The van der Waals surface area contributed by atoms with Crippen LogP contribution in [0.3, 0.4) is 0 Å². The number of benzene rings is 3.